The summed E-state index contributed by atoms with van der Waals surface area (Å²) in [7, 11) is 4.03. The first-order chi connectivity index (χ1) is 11.6. The van der Waals surface area contributed by atoms with E-state index in [9.17, 15) is 4.79 Å². The van der Waals surface area contributed by atoms with E-state index in [1.807, 2.05) is 37.0 Å². The molecule has 24 heavy (non-hydrogen) atoms. The molecule has 1 aromatic heterocycles. The number of benzene rings is 1. The lowest BCUT2D eigenvalue weighted by molar-refractivity contribution is -0.118. The molecule has 1 unspecified atom stereocenters. The molecule has 1 atom stereocenters. The Balaban J connectivity index is 1.50. The first-order valence-corrected chi connectivity index (χ1v) is 9.02. The van der Waals surface area contributed by atoms with Gasteiger partial charge in [0.1, 0.15) is 0 Å². The van der Waals surface area contributed by atoms with E-state index in [1.165, 1.54) is 17.3 Å². The third-order valence-corrected chi connectivity index (χ3v) is 4.92. The number of amides is 1. The van der Waals surface area contributed by atoms with E-state index < -0.39 is 0 Å². The number of carbonyl (C=O) groups is 1. The van der Waals surface area contributed by atoms with Crippen molar-refractivity contribution in [3.63, 3.8) is 0 Å². The van der Waals surface area contributed by atoms with Crippen LogP contribution in [0.2, 0.25) is 0 Å². The van der Waals surface area contributed by atoms with Crippen LogP contribution in [-0.2, 0) is 4.79 Å². The highest BCUT2D eigenvalue weighted by molar-refractivity contribution is 7.99. The highest BCUT2D eigenvalue weighted by atomic mass is 32.2. The lowest BCUT2D eigenvalue weighted by atomic mass is 10.1. The average molecular weight is 346 g/mol. The molecule has 1 fully saturated rings. The number of nitrogens with zero attached hydrogens (tertiary/aromatic N) is 5. The van der Waals surface area contributed by atoms with Gasteiger partial charge in [-0.3, -0.25) is 4.79 Å². The van der Waals surface area contributed by atoms with Gasteiger partial charge in [-0.25, -0.2) is 4.68 Å². The number of carbonyl (C=O) groups excluding carboxylic acids is 1. The highest BCUT2D eigenvalue weighted by Crippen LogP contribution is 2.36. The van der Waals surface area contributed by atoms with Crippen LogP contribution in [0, 0.1) is 0 Å². The Morgan fingerprint density at radius 2 is 2.12 bits per heavy atom. The molecule has 1 aliphatic carbocycles. The predicted octanol–water partition coefficient (Wildman–Crippen LogP) is 1.52. The van der Waals surface area contributed by atoms with Gasteiger partial charge in [-0.05, 0) is 42.9 Å². The minimum Gasteiger partial charge on any atom is -0.353 e. The van der Waals surface area contributed by atoms with Gasteiger partial charge < -0.3 is 10.2 Å². The quantitative estimate of drug-likeness (QED) is 0.731. The van der Waals surface area contributed by atoms with Crippen LogP contribution in [-0.4, -0.2) is 57.4 Å². The van der Waals surface area contributed by atoms with Crippen molar-refractivity contribution in [1.82, 2.24) is 30.4 Å². The van der Waals surface area contributed by atoms with Crippen molar-refractivity contribution in [2.24, 2.45) is 0 Å². The van der Waals surface area contributed by atoms with E-state index in [2.05, 4.69) is 37.9 Å². The van der Waals surface area contributed by atoms with Crippen molar-refractivity contribution < 1.29 is 4.79 Å². The summed E-state index contributed by atoms with van der Waals surface area (Å²) in [6.45, 7) is 0.573. The van der Waals surface area contributed by atoms with Gasteiger partial charge in [0.05, 0.1) is 17.8 Å². The highest BCUT2D eigenvalue weighted by Gasteiger charge is 2.28. The van der Waals surface area contributed by atoms with Crippen LogP contribution in [0.15, 0.2) is 35.5 Å². The topological polar surface area (TPSA) is 75.9 Å². The molecule has 3 rings (SSSR count). The monoisotopic (exact) mass is 346 g/mol. The Morgan fingerprint density at radius 3 is 2.79 bits per heavy atom. The number of hydrogen-bond donors (Lipinski definition) is 1. The van der Waals surface area contributed by atoms with E-state index in [1.54, 1.807) is 0 Å². The van der Waals surface area contributed by atoms with Crippen molar-refractivity contribution >= 4 is 17.7 Å². The van der Waals surface area contributed by atoms with Gasteiger partial charge in [0.25, 0.3) is 0 Å². The van der Waals surface area contributed by atoms with Gasteiger partial charge in [-0.1, -0.05) is 42.1 Å². The van der Waals surface area contributed by atoms with Crippen LogP contribution in [0.4, 0.5) is 0 Å². The molecular formula is C16H22N6OS. The fraction of sp³-hybridized carbons (Fsp3) is 0.500. The lowest BCUT2D eigenvalue weighted by Crippen LogP contribution is -2.35. The molecule has 0 spiro atoms. The Labute approximate surface area is 145 Å². The lowest BCUT2D eigenvalue weighted by Gasteiger charge is -2.25. The van der Waals surface area contributed by atoms with E-state index in [-0.39, 0.29) is 11.9 Å². The Kier molecular flexibility index (Phi) is 5.47. The summed E-state index contributed by atoms with van der Waals surface area (Å²) >= 11 is 1.39. The molecule has 2 aromatic rings. The summed E-state index contributed by atoms with van der Waals surface area (Å²) in [5.41, 5.74) is 1.19. The molecule has 0 saturated heterocycles. The third kappa shape index (κ3) is 4.33. The Bertz CT molecular complexity index is 670. The average Bonchev–Trinajstić information content (AvgIpc) is 3.32. The zero-order valence-corrected chi connectivity index (χ0v) is 14.7. The number of aromatic nitrogens is 4. The minimum absolute atomic E-state index is 0.00636. The van der Waals surface area contributed by atoms with Gasteiger partial charge in [-0.2, -0.15) is 0 Å². The molecule has 0 bridgehead atoms. The fourth-order valence-electron chi connectivity index (χ4n) is 2.49. The molecular weight excluding hydrogens is 324 g/mol. The second-order valence-electron chi connectivity index (χ2n) is 6.12. The number of tetrazole rings is 1. The maximum atomic E-state index is 12.2. The van der Waals surface area contributed by atoms with Crippen molar-refractivity contribution in [2.75, 3.05) is 26.4 Å². The van der Waals surface area contributed by atoms with Gasteiger partial charge in [0.15, 0.2) is 0 Å². The van der Waals surface area contributed by atoms with Crippen molar-refractivity contribution in [3.8, 4) is 0 Å². The van der Waals surface area contributed by atoms with Gasteiger partial charge in [0, 0.05) is 6.54 Å². The van der Waals surface area contributed by atoms with Crippen molar-refractivity contribution in [2.45, 2.75) is 30.1 Å². The van der Waals surface area contributed by atoms with Crippen LogP contribution in [0.25, 0.3) is 0 Å². The Morgan fingerprint density at radius 1 is 1.38 bits per heavy atom. The van der Waals surface area contributed by atoms with Crippen molar-refractivity contribution in [3.05, 3.63) is 35.9 Å². The molecule has 1 saturated carbocycles. The minimum atomic E-state index is -0.00636. The van der Waals surface area contributed by atoms with Crippen LogP contribution in [0.1, 0.15) is 30.5 Å². The molecule has 1 aromatic carbocycles. The summed E-state index contributed by atoms with van der Waals surface area (Å²) in [6, 6.07) is 10.8. The summed E-state index contributed by atoms with van der Waals surface area (Å²) in [6.07, 6.45) is 2.23. The van der Waals surface area contributed by atoms with Gasteiger partial charge in [0.2, 0.25) is 11.1 Å². The smallest absolute Gasteiger partial charge is 0.230 e. The van der Waals surface area contributed by atoms with E-state index >= 15 is 0 Å². The number of thioether (sulfide) groups is 1. The molecule has 128 valence electrons. The largest absolute Gasteiger partial charge is 0.353 e. The molecule has 0 radical (unpaired) electrons. The number of hydrogen-bond acceptors (Lipinski definition) is 6. The maximum Gasteiger partial charge on any atom is 0.230 e. The molecule has 0 aliphatic heterocycles. The van der Waals surface area contributed by atoms with Crippen LogP contribution in [0.3, 0.4) is 0 Å². The molecule has 7 nitrogen and oxygen atoms in total. The number of rotatable bonds is 8. The molecule has 8 heteroatoms. The van der Waals surface area contributed by atoms with E-state index in [4.69, 9.17) is 0 Å². The standard InChI is InChI=1S/C16H22N6OS/c1-21(2)14(12-6-4-3-5-7-12)10-17-15(23)11-24-16-18-19-20-22(16)13-8-9-13/h3-7,13-14H,8-11H2,1-2H3,(H,17,23). The first kappa shape index (κ1) is 16.9. The number of likely N-dealkylation sites (N-methyl/N-ethyl adjacent to an activating group) is 1. The fourth-order valence-corrected chi connectivity index (χ4v) is 3.27. The normalized spacial score (nSPS) is 15.5. The zero-order chi connectivity index (χ0) is 16.9. The van der Waals surface area contributed by atoms with Crippen molar-refractivity contribution in [1.29, 1.82) is 0 Å². The van der Waals surface area contributed by atoms with Crippen LogP contribution < -0.4 is 5.32 Å². The van der Waals surface area contributed by atoms with Crippen LogP contribution in [0.5, 0.6) is 0 Å². The second kappa shape index (κ2) is 7.76. The molecule has 1 heterocycles. The molecule has 1 amide bonds. The van der Waals surface area contributed by atoms with Crippen LogP contribution >= 0.6 is 11.8 Å². The number of nitrogens with one attached hydrogen (secondary N) is 1. The summed E-state index contributed by atoms with van der Waals surface area (Å²) in [4.78, 5) is 14.3. The predicted molar refractivity (Wildman–Crippen MR) is 92.7 cm³/mol. The molecule has 1 aliphatic rings. The third-order valence-electron chi connectivity index (χ3n) is 3.99. The SMILES string of the molecule is CN(C)C(CNC(=O)CSc1nnnn1C1CC1)c1ccccc1. The first-order valence-electron chi connectivity index (χ1n) is 8.04. The summed E-state index contributed by atoms with van der Waals surface area (Å²) in [5.74, 6) is 0.315. The maximum absolute atomic E-state index is 12.2. The van der Waals surface area contributed by atoms with Gasteiger partial charge in [-0.15, -0.1) is 5.10 Å². The molecule has 1 N–H and O–H groups in total. The van der Waals surface area contributed by atoms with E-state index in [0.29, 0.717) is 18.3 Å². The van der Waals surface area contributed by atoms with Gasteiger partial charge >= 0.3 is 0 Å². The second-order valence-corrected chi connectivity index (χ2v) is 7.06. The summed E-state index contributed by atoms with van der Waals surface area (Å²) < 4.78 is 1.82. The zero-order valence-electron chi connectivity index (χ0n) is 13.9. The van der Waals surface area contributed by atoms with E-state index in [0.717, 1.165) is 18.0 Å². The Hall–Kier alpha value is -1.93. The summed E-state index contributed by atoms with van der Waals surface area (Å²) in [5, 5.41) is 15.4.